The molecular formula is C19H25F3N2O5. The number of halogens is 3. The molecule has 0 radical (unpaired) electrons. The van der Waals surface area contributed by atoms with Gasteiger partial charge in [-0.3, -0.25) is 9.69 Å². The molecule has 2 aliphatic heterocycles. The molecule has 2 saturated heterocycles. The molecule has 1 amide bonds. The first-order valence-corrected chi connectivity index (χ1v) is 9.13. The zero-order valence-electron chi connectivity index (χ0n) is 16.3. The lowest BCUT2D eigenvalue weighted by atomic mass is 10.1. The number of aliphatic carboxylic acids is 1. The second-order valence-electron chi connectivity index (χ2n) is 6.83. The van der Waals surface area contributed by atoms with E-state index in [0.717, 1.165) is 25.3 Å². The van der Waals surface area contributed by atoms with Crippen LogP contribution in [0.4, 0.5) is 13.2 Å². The second-order valence-corrected chi connectivity index (χ2v) is 6.83. The van der Waals surface area contributed by atoms with E-state index in [1.165, 1.54) is 5.56 Å². The van der Waals surface area contributed by atoms with E-state index in [1.54, 1.807) is 14.2 Å². The minimum absolute atomic E-state index is 0.270. The highest BCUT2D eigenvalue weighted by Crippen LogP contribution is 2.33. The van der Waals surface area contributed by atoms with E-state index in [1.807, 2.05) is 17.0 Å². The Kier molecular flexibility index (Phi) is 7.86. The predicted octanol–water partition coefficient (Wildman–Crippen LogP) is 2.15. The highest BCUT2D eigenvalue weighted by molar-refractivity contribution is 5.80. The number of carboxylic acid groups (broad SMARTS) is 1. The fourth-order valence-electron chi connectivity index (χ4n) is 3.65. The van der Waals surface area contributed by atoms with Crippen LogP contribution in [0.2, 0.25) is 0 Å². The molecule has 162 valence electrons. The quantitative estimate of drug-likeness (QED) is 0.763. The van der Waals surface area contributed by atoms with Gasteiger partial charge in [0, 0.05) is 45.2 Å². The van der Waals surface area contributed by atoms with Gasteiger partial charge in [-0.25, -0.2) is 4.79 Å². The molecule has 2 heterocycles. The Balaban J connectivity index is 0.000000370. The van der Waals surface area contributed by atoms with Crippen molar-refractivity contribution in [1.82, 2.24) is 9.80 Å². The maximum Gasteiger partial charge on any atom is 0.490 e. The largest absolute Gasteiger partial charge is 0.497 e. The van der Waals surface area contributed by atoms with Crippen molar-refractivity contribution in [2.24, 2.45) is 0 Å². The van der Waals surface area contributed by atoms with Crippen molar-refractivity contribution in [2.45, 2.75) is 37.6 Å². The second kappa shape index (κ2) is 9.93. The summed E-state index contributed by atoms with van der Waals surface area (Å²) >= 11 is 0. The van der Waals surface area contributed by atoms with E-state index < -0.39 is 12.1 Å². The standard InChI is InChI=1S/C17H24N2O3.C2HF3O2/c1-21-10-9-19-15-7-8-18(16(15)11-17(19)20)12-13-3-5-14(22-2)6-4-13;3-2(4,5)1(6)7/h3-6,15-16H,7-12H2,1-2H3;(H,6,7)/t15-,16+;/m1./s1. The Morgan fingerprint density at radius 2 is 1.83 bits per heavy atom. The fraction of sp³-hybridized carbons (Fsp3) is 0.579. The van der Waals surface area contributed by atoms with Crippen molar-refractivity contribution in [3.63, 3.8) is 0 Å². The highest BCUT2D eigenvalue weighted by atomic mass is 19.4. The maximum absolute atomic E-state index is 12.2. The summed E-state index contributed by atoms with van der Waals surface area (Å²) in [6.07, 6.45) is -3.37. The molecule has 29 heavy (non-hydrogen) atoms. The van der Waals surface area contributed by atoms with E-state index in [2.05, 4.69) is 17.0 Å². The molecule has 1 N–H and O–H groups in total. The average Bonchev–Trinajstić information content (AvgIpc) is 3.19. The fourth-order valence-corrected chi connectivity index (χ4v) is 3.65. The number of amides is 1. The highest BCUT2D eigenvalue weighted by Gasteiger charge is 2.46. The number of rotatable bonds is 6. The Bertz CT molecular complexity index is 696. The van der Waals surface area contributed by atoms with Gasteiger partial charge in [0.15, 0.2) is 0 Å². The third-order valence-corrected chi connectivity index (χ3v) is 5.05. The average molecular weight is 418 g/mol. The van der Waals surface area contributed by atoms with Crippen LogP contribution in [-0.4, -0.2) is 79.0 Å². The van der Waals surface area contributed by atoms with Crippen molar-refractivity contribution in [3.05, 3.63) is 29.8 Å². The Morgan fingerprint density at radius 1 is 1.21 bits per heavy atom. The molecule has 0 unspecified atom stereocenters. The summed E-state index contributed by atoms with van der Waals surface area (Å²) in [5.74, 6) is -1.61. The number of methoxy groups -OCH3 is 2. The van der Waals surface area contributed by atoms with Crippen molar-refractivity contribution >= 4 is 11.9 Å². The van der Waals surface area contributed by atoms with Crippen molar-refractivity contribution in [1.29, 1.82) is 0 Å². The van der Waals surface area contributed by atoms with Crippen LogP contribution in [0, 0.1) is 0 Å². The zero-order chi connectivity index (χ0) is 21.6. The number of carbonyl (C=O) groups is 2. The van der Waals surface area contributed by atoms with Crippen LogP contribution in [0.1, 0.15) is 18.4 Å². The van der Waals surface area contributed by atoms with Crippen LogP contribution in [0.3, 0.4) is 0 Å². The topological polar surface area (TPSA) is 79.3 Å². The van der Waals surface area contributed by atoms with Gasteiger partial charge in [0.2, 0.25) is 5.91 Å². The van der Waals surface area contributed by atoms with Crippen LogP contribution in [-0.2, 0) is 20.9 Å². The molecule has 2 aliphatic rings. The molecule has 0 aliphatic carbocycles. The molecule has 2 fully saturated rings. The molecule has 10 heteroatoms. The number of carboxylic acids is 1. The summed E-state index contributed by atoms with van der Waals surface area (Å²) in [6.45, 7) is 3.29. The molecule has 0 bridgehead atoms. The van der Waals surface area contributed by atoms with E-state index >= 15 is 0 Å². The van der Waals surface area contributed by atoms with Crippen LogP contribution >= 0.6 is 0 Å². The summed E-state index contributed by atoms with van der Waals surface area (Å²) in [5.41, 5.74) is 1.27. The van der Waals surface area contributed by atoms with Crippen molar-refractivity contribution < 1.29 is 37.3 Å². The molecule has 7 nitrogen and oxygen atoms in total. The van der Waals surface area contributed by atoms with Gasteiger partial charge in [0.05, 0.1) is 13.7 Å². The molecule has 0 spiro atoms. The molecule has 3 rings (SSSR count). The number of ether oxygens (including phenoxy) is 2. The number of fused-ring (bicyclic) bond motifs is 1. The van der Waals surface area contributed by atoms with Crippen LogP contribution in [0.25, 0.3) is 0 Å². The first-order valence-electron chi connectivity index (χ1n) is 9.13. The Morgan fingerprint density at radius 3 is 2.34 bits per heavy atom. The number of alkyl halides is 3. The lowest BCUT2D eigenvalue weighted by Gasteiger charge is -2.25. The summed E-state index contributed by atoms with van der Waals surface area (Å²) in [4.78, 5) is 25.6. The van der Waals surface area contributed by atoms with Crippen LogP contribution in [0.15, 0.2) is 24.3 Å². The minimum Gasteiger partial charge on any atom is -0.497 e. The van der Waals surface area contributed by atoms with Crippen molar-refractivity contribution in [2.75, 3.05) is 33.9 Å². The van der Waals surface area contributed by atoms with E-state index in [4.69, 9.17) is 19.4 Å². The molecule has 0 saturated carbocycles. The van der Waals surface area contributed by atoms with E-state index in [9.17, 15) is 18.0 Å². The summed E-state index contributed by atoms with van der Waals surface area (Å²) < 4.78 is 42.1. The van der Waals surface area contributed by atoms with Crippen LogP contribution < -0.4 is 4.74 Å². The summed E-state index contributed by atoms with van der Waals surface area (Å²) in [5, 5.41) is 7.12. The predicted molar refractivity (Wildman–Crippen MR) is 97.5 cm³/mol. The number of benzene rings is 1. The molecule has 1 aromatic carbocycles. The van der Waals surface area contributed by atoms with Gasteiger partial charge in [-0.2, -0.15) is 13.2 Å². The monoisotopic (exact) mass is 418 g/mol. The van der Waals surface area contributed by atoms with Gasteiger partial charge >= 0.3 is 12.1 Å². The lowest BCUT2D eigenvalue weighted by Crippen LogP contribution is -2.38. The number of likely N-dealkylation sites (tertiary alicyclic amines) is 2. The number of hydrogen-bond acceptors (Lipinski definition) is 5. The SMILES string of the molecule is COCCN1C(=O)C[C@H]2[C@H]1CCN2Cc1ccc(OC)cc1.O=C(O)C(F)(F)F. The maximum atomic E-state index is 12.2. The Labute approximate surface area is 167 Å². The third-order valence-electron chi connectivity index (χ3n) is 5.05. The normalized spacial score (nSPS) is 21.6. The smallest absolute Gasteiger partial charge is 0.490 e. The van der Waals surface area contributed by atoms with Gasteiger partial charge < -0.3 is 19.5 Å². The first-order chi connectivity index (χ1) is 13.7. The van der Waals surface area contributed by atoms with Gasteiger partial charge in [0.1, 0.15) is 5.75 Å². The number of carbonyl (C=O) groups excluding carboxylic acids is 1. The van der Waals surface area contributed by atoms with Crippen molar-refractivity contribution in [3.8, 4) is 5.75 Å². The zero-order valence-corrected chi connectivity index (χ0v) is 16.3. The molecule has 2 atom stereocenters. The number of nitrogens with zero attached hydrogens (tertiary/aromatic N) is 2. The first kappa shape index (κ1) is 23.0. The van der Waals surface area contributed by atoms with E-state index in [-0.39, 0.29) is 5.91 Å². The summed E-state index contributed by atoms with van der Waals surface area (Å²) in [7, 11) is 3.36. The van der Waals surface area contributed by atoms with Crippen LogP contribution in [0.5, 0.6) is 5.75 Å². The summed E-state index contributed by atoms with van der Waals surface area (Å²) in [6, 6.07) is 8.91. The Hall–Kier alpha value is -2.33. The van der Waals surface area contributed by atoms with E-state index in [0.29, 0.717) is 31.7 Å². The minimum atomic E-state index is -5.08. The van der Waals surface area contributed by atoms with Gasteiger partial charge in [0.25, 0.3) is 0 Å². The lowest BCUT2D eigenvalue weighted by molar-refractivity contribution is -0.192. The third kappa shape index (κ3) is 6.07. The molecule has 1 aromatic rings. The van der Waals surface area contributed by atoms with Gasteiger partial charge in [-0.15, -0.1) is 0 Å². The molecule has 0 aromatic heterocycles. The number of hydrogen-bond donors (Lipinski definition) is 1. The van der Waals surface area contributed by atoms with Gasteiger partial charge in [-0.1, -0.05) is 12.1 Å². The molecular weight excluding hydrogens is 393 g/mol. The van der Waals surface area contributed by atoms with Gasteiger partial charge in [-0.05, 0) is 24.1 Å².